The predicted molar refractivity (Wildman–Crippen MR) is 91.7 cm³/mol. The largest absolute Gasteiger partial charge is 0.460 e. The van der Waals surface area contributed by atoms with E-state index in [1.165, 1.54) is 0 Å². The lowest BCUT2D eigenvalue weighted by molar-refractivity contribution is 0.538. The van der Waals surface area contributed by atoms with Gasteiger partial charge in [0.1, 0.15) is 11.5 Å². The van der Waals surface area contributed by atoms with Crippen LogP contribution in [-0.4, -0.2) is 9.97 Å². The van der Waals surface area contributed by atoms with Crippen LogP contribution in [0.4, 0.5) is 15.8 Å². The first-order chi connectivity index (χ1) is 11.7. The van der Waals surface area contributed by atoms with Crippen LogP contribution < -0.4 is 5.32 Å². The van der Waals surface area contributed by atoms with E-state index in [-0.39, 0.29) is 5.69 Å². The molecule has 0 aliphatic carbocycles. The third kappa shape index (κ3) is 2.50. The van der Waals surface area contributed by atoms with Crippen molar-refractivity contribution in [2.24, 2.45) is 0 Å². The molecule has 0 fully saturated rings. The van der Waals surface area contributed by atoms with Crippen molar-refractivity contribution in [1.82, 2.24) is 9.97 Å². The first-order valence-electron chi connectivity index (χ1n) is 7.54. The van der Waals surface area contributed by atoms with Gasteiger partial charge in [-0.05, 0) is 37.3 Å². The monoisotopic (exact) mass is 319 g/mol. The van der Waals surface area contributed by atoms with Crippen LogP contribution in [0.5, 0.6) is 0 Å². The zero-order valence-corrected chi connectivity index (χ0v) is 13.0. The van der Waals surface area contributed by atoms with Crippen LogP contribution >= 0.6 is 0 Å². The van der Waals surface area contributed by atoms with Crippen LogP contribution in [-0.2, 0) is 0 Å². The third-order valence-corrected chi connectivity index (χ3v) is 3.76. The predicted octanol–water partition coefficient (Wildman–Crippen LogP) is 5.08. The van der Waals surface area contributed by atoms with E-state index in [0.717, 1.165) is 5.69 Å². The van der Waals surface area contributed by atoms with Crippen LogP contribution in [0.25, 0.3) is 22.4 Å². The van der Waals surface area contributed by atoms with Gasteiger partial charge >= 0.3 is 0 Å². The lowest BCUT2D eigenvalue weighted by Crippen LogP contribution is -2.00. The summed E-state index contributed by atoms with van der Waals surface area (Å²) in [6, 6.07) is 14.5. The van der Waals surface area contributed by atoms with Crippen LogP contribution in [0.1, 0.15) is 5.76 Å². The summed E-state index contributed by atoms with van der Waals surface area (Å²) in [7, 11) is 0. The highest BCUT2D eigenvalue weighted by Crippen LogP contribution is 2.34. The molecule has 4 aromatic rings. The summed E-state index contributed by atoms with van der Waals surface area (Å²) in [5.41, 5.74) is 2.01. The molecule has 0 aliphatic rings. The molecule has 0 bridgehead atoms. The minimum atomic E-state index is -0.445. The molecule has 0 unspecified atom stereocenters. The number of anilines is 2. The first kappa shape index (κ1) is 14.4. The van der Waals surface area contributed by atoms with E-state index in [9.17, 15) is 0 Å². The molecule has 1 N–H and O–H groups in total. The smallest absolute Gasteiger partial charge is 0.176 e. The van der Waals surface area contributed by atoms with Gasteiger partial charge in [0.2, 0.25) is 0 Å². The van der Waals surface area contributed by atoms with E-state index >= 15 is 4.39 Å². The molecular formula is C19H14FN3O. The zero-order chi connectivity index (χ0) is 16.5. The number of nitrogens with one attached hydrogen (secondary N) is 1. The van der Waals surface area contributed by atoms with Crippen molar-refractivity contribution in [3.63, 3.8) is 0 Å². The van der Waals surface area contributed by atoms with E-state index in [2.05, 4.69) is 15.3 Å². The number of aromatic nitrogens is 2. The summed E-state index contributed by atoms with van der Waals surface area (Å²) >= 11 is 0. The topological polar surface area (TPSA) is 51.0 Å². The Morgan fingerprint density at radius 3 is 2.54 bits per heavy atom. The zero-order valence-electron chi connectivity index (χ0n) is 13.0. The maximum atomic E-state index is 15.2. The Morgan fingerprint density at radius 2 is 1.79 bits per heavy atom. The standard InChI is InChI=1S/C19H14FN3O/c1-12-6-7-16(24-12)19-17(20)18(22-13-8-10-21-11-9-13)14-4-2-3-5-15(14)23-19/h2-11H,1H3,(H,21,22,23). The Morgan fingerprint density at radius 1 is 1.00 bits per heavy atom. The molecule has 1 aromatic carbocycles. The summed E-state index contributed by atoms with van der Waals surface area (Å²) in [4.78, 5) is 8.42. The molecule has 0 aliphatic heterocycles. The van der Waals surface area contributed by atoms with Gasteiger partial charge < -0.3 is 9.73 Å². The lowest BCUT2D eigenvalue weighted by atomic mass is 10.1. The number of hydrogen-bond donors (Lipinski definition) is 1. The van der Waals surface area contributed by atoms with E-state index < -0.39 is 5.82 Å². The van der Waals surface area contributed by atoms with Crippen LogP contribution in [0.3, 0.4) is 0 Å². The molecule has 0 saturated heterocycles. The summed E-state index contributed by atoms with van der Waals surface area (Å²) < 4.78 is 20.7. The Balaban J connectivity index is 1.94. The lowest BCUT2D eigenvalue weighted by Gasteiger charge is -2.13. The second-order valence-corrected chi connectivity index (χ2v) is 5.44. The maximum absolute atomic E-state index is 15.2. The molecule has 3 heterocycles. The first-order valence-corrected chi connectivity index (χ1v) is 7.54. The fraction of sp³-hybridized carbons (Fsp3) is 0.0526. The van der Waals surface area contributed by atoms with E-state index in [1.807, 2.05) is 31.2 Å². The summed E-state index contributed by atoms with van der Waals surface area (Å²) in [5, 5.41) is 3.84. The molecule has 0 amide bonds. The van der Waals surface area contributed by atoms with Crippen molar-refractivity contribution in [2.75, 3.05) is 5.32 Å². The minimum absolute atomic E-state index is 0.193. The second kappa shape index (κ2) is 5.77. The fourth-order valence-corrected chi connectivity index (χ4v) is 2.62. The van der Waals surface area contributed by atoms with Crippen molar-refractivity contribution < 1.29 is 8.81 Å². The van der Waals surface area contributed by atoms with Gasteiger partial charge in [-0.15, -0.1) is 0 Å². The van der Waals surface area contributed by atoms with Gasteiger partial charge in [-0.1, -0.05) is 18.2 Å². The van der Waals surface area contributed by atoms with Crippen molar-refractivity contribution >= 4 is 22.3 Å². The Hall–Kier alpha value is -3.21. The molecule has 24 heavy (non-hydrogen) atoms. The molecule has 4 rings (SSSR count). The molecule has 0 saturated carbocycles. The van der Waals surface area contributed by atoms with Crippen molar-refractivity contribution in [2.45, 2.75) is 6.92 Å². The van der Waals surface area contributed by atoms with Gasteiger partial charge in [0.15, 0.2) is 11.6 Å². The molecule has 4 nitrogen and oxygen atoms in total. The maximum Gasteiger partial charge on any atom is 0.176 e. The van der Waals surface area contributed by atoms with Gasteiger partial charge in [0.25, 0.3) is 0 Å². The number of halogens is 1. The fourth-order valence-electron chi connectivity index (χ4n) is 2.62. The average molecular weight is 319 g/mol. The third-order valence-electron chi connectivity index (χ3n) is 3.76. The normalized spacial score (nSPS) is 10.9. The Bertz CT molecular complexity index is 1010. The van der Waals surface area contributed by atoms with Gasteiger partial charge in [-0.3, -0.25) is 4.98 Å². The molecule has 0 spiro atoms. The molecule has 3 aromatic heterocycles. The van der Waals surface area contributed by atoms with Crippen LogP contribution in [0.2, 0.25) is 0 Å². The SMILES string of the molecule is Cc1ccc(-c2nc3ccccc3c(Nc3ccncc3)c2F)o1. The summed E-state index contributed by atoms with van der Waals surface area (Å²) in [6.45, 7) is 1.82. The number of hydrogen-bond acceptors (Lipinski definition) is 4. The number of nitrogens with zero attached hydrogens (tertiary/aromatic N) is 2. The number of pyridine rings is 2. The van der Waals surface area contributed by atoms with Gasteiger partial charge in [-0.2, -0.15) is 0 Å². The Kier molecular flexibility index (Phi) is 3.46. The summed E-state index contributed by atoms with van der Waals surface area (Å²) in [5.74, 6) is 0.677. The number of furan rings is 1. The highest BCUT2D eigenvalue weighted by molar-refractivity contribution is 5.95. The van der Waals surface area contributed by atoms with E-state index in [0.29, 0.717) is 28.1 Å². The van der Waals surface area contributed by atoms with E-state index in [1.54, 1.807) is 36.7 Å². The van der Waals surface area contributed by atoms with Crippen LogP contribution in [0, 0.1) is 12.7 Å². The number of para-hydroxylation sites is 1. The molecule has 118 valence electrons. The molecule has 0 atom stereocenters. The molecular weight excluding hydrogens is 305 g/mol. The summed E-state index contributed by atoms with van der Waals surface area (Å²) in [6.07, 6.45) is 3.31. The number of rotatable bonds is 3. The quantitative estimate of drug-likeness (QED) is 0.572. The Labute approximate surface area is 138 Å². The highest BCUT2D eigenvalue weighted by Gasteiger charge is 2.18. The number of benzene rings is 1. The molecule has 0 radical (unpaired) electrons. The minimum Gasteiger partial charge on any atom is -0.460 e. The molecule has 5 heteroatoms. The van der Waals surface area contributed by atoms with E-state index in [4.69, 9.17) is 4.42 Å². The van der Waals surface area contributed by atoms with Gasteiger partial charge in [0.05, 0.1) is 11.2 Å². The second-order valence-electron chi connectivity index (χ2n) is 5.44. The van der Waals surface area contributed by atoms with Gasteiger partial charge in [-0.25, -0.2) is 9.37 Å². The number of fused-ring (bicyclic) bond motifs is 1. The van der Waals surface area contributed by atoms with Crippen molar-refractivity contribution in [3.05, 3.63) is 72.5 Å². The number of aryl methyl sites for hydroxylation is 1. The highest BCUT2D eigenvalue weighted by atomic mass is 19.1. The average Bonchev–Trinajstić information content (AvgIpc) is 3.04. The van der Waals surface area contributed by atoms with Crippen LogP contribution in [0.15, 0.2) is 65.3 Å². The van der Waals surface area contributed by atoms with Gasteiger partial charge in [0, 0.05) is 23.5 Å². The van der Waals surface area contributed by atoms with Crippen molar-refractivity contribution in [3.8, 4) is 11.5 Å². The van der Waals surface area contributed by atoms with Crippen molar-refractivity contribution in [1.29, 1.82) is 0 Å².